The molecule has 29 heavy (non-hydrogen) atoms. The second-order valence-electron chi connectivity index (χ2n) is 7.39. The van der Waals surface area contributed by atoms with E-state index in [2.05, 4.69) is 26.7 Å². The topological polar surface area (TPSA) is 81.8 Å². The highest BCUT2D eigenvalue weighted by molar-refractivity contribution is 5.91. The number of carbonyl (C=O) groups is 1. The Morgan fingerprint density at radius 2 is 1.97 bits per heavy atom. The number of allylic oxidation sites excluding steroid dienone is 1. The summed E-state index contributed by atoms with van der Waals surface area (Å²) in [5, 5.41) is 12.9. The number of aliphatic hydroxyl groups is 1. The van der Waals surface area contributed by atoms with Crippen LogP contribution in [0.25, 0.3) is 0 Å². The molecule has 0 saturated carbocycles. The predicted molar refractivity (Wildman–Crippen MR) is 111 cm³/mol. The monoisotopic (exact) mass is 398 g/mol. The van der Waals surface area contributed by atoms with Crippen molar-refractivity contribution in [2.24, 2.45) is 0 Å². The van der Waals surface area contributed by atoms with Gasteiger partial charge >= 0.3 is 0 Å². The standard InChI is InChI=1S/C22H30N4O3/c1-2-3-9-19(27)15-25-10-12-26(13-11-25)16-21-24-20(17-29-21)22(28)23-14-18-7-5-4-6-8-18/h2,4-8,17,19,27H,1,3,9-16H2,(H,23,28)/t19-/m0/s1. The van der Waals surface area contributed by atoms with Gasteiger partial charge < -0.3 is 14.8 Å². The molecule has 2 aromatic rings. The molecule has 2 N–H and O–H groups in total. The Morgan fingerprint density at radius 3 is 2.69 bits per heavy atom. The lowest BCUT2D eigenvalue weighted by Crippen LogP contribution is -2.48. The second-order valence-corrected chi connectivity index (χ2v) is 7.39. The van der Waals surface area contributed by atoms with Crippen LogP contribution in [-0.2, 0) is 13.1 Å². The van der Waals surface area contributed by atoms with Gasteiger partial charge in [-0.25, -0.2) is 4.98 Å². The third-order valence-electron chi connectivity index (χ3n) is 5.08. The molecule has 1 atom stereocenters. The van der Waals surface area contributed by atoms with Crippen LogP contribution >= 0.6 is 0 Å². The normalized spacial score (nSPS) is 16.4. The first kappa shape index (κ1) is 21.2. The summed E-state index contributed by atoms with van der Waals surface area (Å²) in [5.41, 5.74) is 1.34. The van der Waals surface area contributed by atoms with Gasteiger partial charge in [-0.3, -0.25) is 14.6 Å². The molecule has 1 aliphatic heterocycles. The van der Waals surface area contributed by atoms with Crippen LogP contribution < -0.4 is 5.32 Å². The lowest BCUT2D eigenvalue weighted by Gasteiger charge is -2.34. The molecular weight excluding hydrogens is 368 g/mol. The number of rotatable bonds is 10. The van der Waals surface area contributed by atoms with Gasteiger partial charge in [-0.2, -0.15) is 0 Å². The van der Waals surface area contributed by atoms with E-state index in [-0.39, 0.29) is 12.0 Å². The van der Waals surface area contributed by atoms with Gasteiger partial charge in [-0.1, -0.05) is 36.4 Å². The molecular formula is C22H30N4O3. The van der Waals surface area contributed by atoms with Gasteiger partial charge in [-0.05, 0) is 18.4 Å². The van der Waals surface area contributed by atoms with Crippen LogP contribution in [-0.4, -0.2) is 64.6 Å². The van der Waals surface area contributed by atoms with Gasteiger partial charge in [0.05, 0.1) is 12.6 Å². The lowest BCUT2D eigenvalue weighted by atomic mass is 10.1. The Bertz CT molecular complexity index is 769. The van der Waals surface area contributed by atoms with E-state index in [1.165, 1.54) is 6.26 Å². The molecule has 1 aromatic carbocycles. The van der Waals surface area contributed by atoms with Crippen molar-refractivity contribution in [3.8, 4) is 0 Å². The van der Waals surface area contributed by atoms with E-state index < -0.39 is 0 Å². The van der Waals surface area contributed by atoms with Gasteiger partial charge in [0, 0.05) is 39.3 Å². The fourth-order valence-electron chi connectivity index (χ4n) is 3.38. The summed E-state index contributed by atoms with van der Waals surface area (Å²) >= 11 is 0. The Balaban J connectivity index is 1.40. The van der Waals surface area contributed by atoms with Crippen molar-refractivity contribution in [2.45, 2.75) is 32.0 Å². The van der Waals surface area contributed by atoms with Gasteiger partial charge in [0.25, 0.3) is 5.91 Å². The number of β-amino-alcohol motifs (C(OH)–C–C–N with tert-alkyl or cyclic N) is 1. The van der Waals surface area contributed by atoms with Crippen molar-refractivity contribution >= 4 is 5.91 Å². The summed E-state index contributed by atoms with van der Waals surface area (Å²) in [6.07, 6.45) is 4.56. The first-order chi connectivity index (χ1) is 14.1. The summed E-state index contributed by atoms with van der Waals surface area (Å²) in [4.78, 5) is 21.1. The number of hydrogen-bond acceptors (Lipinski definition) is 6. The van der Waals surface area contributed by atoms with E-state index in [0.29, 0.717) is 31.2 Å². The number of aromatic nitrogens is 1. The summed E-state index contributed by atoms with van der Waals surface area (Å²) in [6.45, 7) is 9.00. The molecule has 0 bridgehead atoms. The molecule has 1 saturated heterocycles. The van der Waals surface area contributed by atoms with Crippen LogP contribution in [0.3, 0.4) is 0 Å². The van der Waals surface area contributed by atoms with E-state index >= 15 is 0 Å². The van der Waals surface area contributed by atoms with E-state index in [0.717, 1.165) is 44.6 Å². The van der Waals surface area contributed by atoms with Gasteiger partial charge in [-0.15, -0.1) is 6.58 Å². The van der Waals surface area contributed by atoms with E-state index in [1.807, 2.05) is 36.4 Å². The number of amides is 1. The lowest BCUT2D eigenvalue weighted by molar-refractivity contribution is 0.0642. The minimum Gasteiger partial charge on any atom is -0.447 e. The molecule has 1 fully saturated rings. The molecule has 0 radical (unpaired) electrons. The van der Waals surface area contributed by atoms with Crippen LogP contribution in [0, 0.1) is 0 Å². The van der Waals surface area contributed by atoms with Crippen molar-refractivity contribution < 1.29 is 14.3 Å². The molecule has 0 aliphatic carbocycles. The zero-order valence-corrected chi connectivity index (χ0v) is 16.8. The third kappa shape index (κ3) is 6.81. The van der Waals surface area contributed by atoms with Crippen molar-refractivity contribution in [2.75, 3.05) is 32.7 Å². The number of carbonyl (C=O) groups excluding carboxylic acids is 1. The number of hydrogen-bond donors (Lipinski definition) is 2. The molecule has 0 spiro atoms. The Kier molecular flexibility index (Phi) is 7.98. The van der Waals surface area contributed by atoms with Crippen molar-refractivity contribution in [1.82, 2.24) is 20.1 Å². The molecule has 1 aliphatic rings. The first-order valence-electron chi connectivity index (χ1n) is 10.1. The predicted octanol–water partition coefficient (Wildman–Crippen LogP) is 2.05. The largest absolute Gasteiger partial charge is 0.447 e. The minimum absolute atomic E-state index is 0.234. The molecule has 7 nitrogen and oxygen atoms in total. The third-order valence-corrected chi connectivity index (χ3v) is 5.08. The van der Waals surface area contributed by atoms with Crippen LogP contribution in [0.2, 0.25) is 0 Å². The molecule has 3 rings (SSSR count). The molecule has 7 heteroatoms. The summed E-state index contributed by atoms with van der Waals surface area (Å²) in [6, 6.07) is 9.76. The highest BCUT2D eigenvalue weighted by atomic mass is 16.3. The number of nitrogens with zero attached hydrogens (tertiary/aromatic N) is 3. The van der Waals surface area contributed by atoms with Crippen LogP contribution in [0.5, 0.6) is 0 Å². The fraction of sp³-hybridized carbons (Fsp3) is 0.455. The van der Waals surface area contributed by atoms with Crippen LogP contribution in [0.4, 0.5) is 0 Å². The average Bonchev–Trinajstić information content (AvgIpc) is 3.21. The van der Waals surface area contributed by atoms with Gasteiger partial charge in [0.2, 0.25) is 5.89 Å². The highest BCUT2D eigenvalue weighted by Gasteiger charge is 2.21. The van der Waals surface area contributed by atoms with Crippen LogP contribution in [0.1, 0.15) is 34.8 Å². The van der Waals surface area contributed by atoms with Crippen molar-refractivity contribution in [1.29, 1.82) is 0 Å². The smallest absolute Gasteiger partial charge is 0.273 e. The zero-order valence-electron chi connectivity index (χ0n) is 16.8. The number of piperazine rings is 1. The number of benzene rings is 1. The zero-order chi connectivity index (χ0) is 20.5. The van der Waals surface area contributed by atoms with Crippen LogP contribution in [0.15, 0.2) is 53.7 Å². The SMILES string of the molecule is C=CCC[C@H](O)CN1CCN(Cc2nc(C(=O)NCc3ccccc3)co2)CC1. The maximum absolute atomic E-state index is 12.3. The van der Waals surface area contributed by atoms with E-state index in [9.17, 15) is 9.90 Å². The average molecular weight is 399 g/mol. The van der Waals surface area contributed by atoms with E-state index in [1.54, 1.807) is 0 Å². The Morgan fingerprint density at radius 1 is 1.24 bits per heavy atom. The number of aliphatic hydroxyl groups excluding tert-OH is 1. The summed E-state index contributed by atoms with van der Waals surface area (Å²) in [7, 11) is 0. The van der Waals surface area contributed by atoms with E-state index in [4.69, 9.17) is 4.42 Å². The fourth-order valence-corrected chi connectivity index (χ4v) is 3.38. The van der Waals surface area contributed by atoms with Crippen molar-refractivity contribution in [3.63, 3.8) is 0 Å². The molecule has 1 amide bonds. The minimum atomic E-state index is -0.303. The second kappa shape index (κ2) is 10.9. The molecule has 2 heterocycles. The van der Waals surface area contributed by atoms with Gasteiger partial charge in [0.1, 0.15) is 6.26 Å². The summed E-state index contributed by atoms with van der Waals surface area (Å²) in [5.74, 6) is 0.316. The molecule has 1 aromatic heterocycles. The summed E-state index contributed by atoms with van der Waals surface area (Å²) < 4.78 is 5.50. The maximum Gasteiger partial charge on any atom is 0.273 e. The quantitative estimate of drug-likeness (QED) is 0.596. The number of oxazole rings is 1. The van der Waals surface area contributed by atoms with Crippen molar-refractivity contribution in [3.05, 3.63) is 66.4 Å². The maximum atomic E-state index is 12.3. The highest BCUT2D eigenvalue weighted by Crippen LogP contribution is 2.11. The molecule has 0 unspecified atom stereocenters. The first-order valence-corrected chi connectivity index (χ1v) is 10.1. The number of nitrogens with one attached hydrogen (secondary N) is 1. The van der Waals surface area contributed by atoms with Gasteiger partial charge in [0.15, 0.2) is 5.69 Å². The Hall–Kier alpha value is -2.48. The Labute approximate surface area is 172 Å². The molecule has 156 valence electrons.